The number of allylic oxidation sites excluding steroid dienone is 1. The van der Waals surface area contributed by atoms with Crippen molar-refractivity contribution in [2.24, 2.45) is 0 Å². The van der Waals surface area contributed by atoms with E-state index in [9.17, 15) is 18.0 Å². The van der Waals surface area contributed by atoms with Gasteiger partial charge in [-0.05, 0) is 105 Å². The molecule has 0 aliphatic heterocycles. The standard InChI is InChI=1S/C41H39F3O2/c1-4-28(3)31-19-21-33(22-20-31)39-34-12-8-9-13-35(34)40(37-27-30(16-23-36(37)39)24-25-41(42,43)44)32-17-14-29(15-18-32)11-7-6-10-26-46-38(45)5-2/h5,8-9,12-23,27H,2-4,6-7,10-11,24-26H2,1H3. The predicted octanol–water partition coefficient (Wildman–Crippen LogP) is 11.7. The Balaban J connectivity index is 1.55. The first-order valence-electron chi connectivity index (χ1n) is 15.9. The first-order chi connectivity index (χ1) is 22.2. The minimum absolute atomic E-state index is 0.0689. The lowest BCUT2D eigenvalue weighted by Gasteiger charge is -2.19. The number of carbonyl (C=O) groups is 1. The maximum atomic E-state index is 13.2. The second-order valence-corrected chi connectivity index (χ2v) is 11.7. The van der Waals surface area contributed by atoms with Crippen molar-refractivity contribution in [1.29, 1.82) is 0 Å². The molecule has 0 saturated heterocycles. The number of ether oxygens (including phenoxy) is 1. The van der Waals surface area contributed by atoms with Crippen molar-refractivity contribution in [3.63, 3.8) is 0 Å². The zero-order chi connectivity index (χ0) is 32.7. The molecular formula is C41H39F3O2. The SMILES string of the molecule is C=CC(=O)OCCCCCc1ccc(-c2c3ccccc3c(-c3ccc(C(=C)CC)cc3)c3ccc(CCC(F)(F)F)cc23)cc1. The van der Waals surface area contributed by atoms with Gasteiger partial charge in [0.15, 0.2) is 0 Å². The van der Waals surface area contributed by atoms with E-state index in [-0.39, 0.29) is 6.42 Å². The van der Waals surface area contributed by atoms with E-state index in [1.54, 1.807) is 0 Å². The molecule has 0 saturated carbocycles. The molecule has 46 heavy (non-hydrogen) atoms. The summed E-state index contributed by atoms with van der Waals surface area (Å²) in [5.41, 5.74) is 8.21. The van der Waals surface area contributed by atoms with Crippen molar-refractivity contribution in [2.45, 2.75) is 58.0 Å². The number of aryl methyl sites for hydroxylation is 2. The van der Waals surface area contributed by atoms with Crippen LogP contribution in [0.4, 0.5) is 13.2 Å². The Labute approximate surface area is 269 Å². The molecule has 0 aliphatic carbocycles. The lowest BCUT2D eigenvalue weighted by atomic mass is 9.84. The van der Waals surface area contributed by atoms with E-state index in [4.69, 9.17) is 4.74 Å². The Bertz CT molecular complexity index is 1850. The number of rotatable bonds is 13. The van der Waals surface area contributed by atoms with Crippen LogP contribution in [0.2, 0.25) is 0 Å². The number of benzene rings is 5. The van der Waals surface area contributed by atoms with Crippen molar-refractivity contribution in [2.75, 3.05) is 6.61 Å². The Morgan fingerprint density at radius 2 is 1.33 bits per heavy atom. The maximum absolute atomic E-state index is 13.2. The summed E-state index contributed by atoms with van der Waals surface area (Å²) >= 11 is 0. The van der Waals surface area contributed by atoms with E-state index in [0.29, 0.717) is 12.2 Å². The average molecular weight is 621 g/mol. The molecule has 0 bridgehead atoms. The van der Waals surface area contributed by atoms with Crippen molar-refractivity contribution in [1.82, 2.24) is 0 Å². The molecule has 236 valence electrons. The Morgan fingerprint density at radius 1 is 0.739 bits per heavy atom. The topological polar surface area (TPSA) is 26.3 Å². The van der Waals surface area contributed by atoms with Gasteiger partial charge < -0.3 is 4.74 Å². The Hall–Kier alpha value is -4.64. The monoisotopic (exact) mass is 620 g/mol. The summed E-state index contributed by atoms with van der Waals surface area (Å²) < 4.78 is 44.7. The highest BCUT2D eigenvalue weighted by atomic mass is 19.4. The number of hydrogen-bond acceptors (Lipinski definition) is 2. The van der Waals surface area contributed by atoms with Crippen LogP contribution in [0.1, 0.15) is 55.7 Å². The number of alkyl halides is 3. The summed E-state index contributed by atoms with van der Waals surface area (Å²) in [5, 5.41) is 4.10. The summed E-state index contributed by atoms with van der Waals surface area (Å²) in [4.78, 5) is 11.2. The molecule has 0 atom stereocenters. The van der Waals surface area contributed by atoms with Gasteiger partial charge in [-0.2, -0.15) is 13.2 Å². The van der Waals surface area contributed by atoms with Gasteiger partial charge in [0.2, 0.25) is 0 Å². The van der Waals surface area contributed by atoms with Crippen LogP contribution in [0.5, 0.6) is 0 Å². The first kappa shape index (κ1) is 32.7. The number of fused-ring (bicyclic) bond motifs is 2. The molecule has 0 fully saturated rings. The van der Waals surface area contributed by atoms with Crippen molar-refractivity contribution in [3.8, 4) is 22.3 Å². The van der Waals surface area contributed by atoms with Gasteiger partial charge in [-0.15, -0.1) is 0 Å². The third-order valence-electron chi connectivity index (χ3n) is 8.56. The van der Waals surface area contributed by atoms with Crippen molar-refractivity contribution < 1.29 is 22.7 Å². The number of halogens is 3. The molecule has 0 spiro atoms. The van der Waals surface area contributed by atoms with Crippen LogP contribution in [0.15, 0.2) is 110 Å². The van der Waals surface area contributed by atoms with Gasteiger partial charge in [-0.1, -0.05) is 111 Å². The third-order valence-corrected chi connectivity index (χ3v) is 8.56. The highest BCUT2D eigenvalue weighted by molar-refractivity contribution is 6.21. The van der Waals surface area contributed by atoms with E-state index in [1.165, 1.54) is 11.6 Å². The highest BCUT2D eigenvalue weighted by Gasteiger charge is 2.26. The number of carbonyl (C=O) groups excluding carboxylic acids is 1. The molecule has 0 heterocycles. The molecule has 5 heteroatoms. The van der Waals surface area contributed by atoms with Gasteiger partial charge in [0.25, 0.3) is 0 Å². The van der Waals surface area contributed by atoms with E-state index < -0.39 is 18.6 Å². The number of esters is 1. The van der Waals surface area contributed by atoms with E-state index in [0.717, 1.165) is 87.0 Å². The fourth-order valence-electron chi connectivity index (χ4n) is 6.04. The van der Waals surface area contributed by atoms with Gasteiger partial charge in [-0.3, -0.25) is 0 Å². The first-order valence-corrected chi connectivity index (χ1v) is 15.9. The molecule has 0 N–H and O–H groups in total. The quantitative estimate of drug-likeness (QED) is 0.0566. The minimum Gasteiger partial charge on any atom is -0.463 e. The highest BCUT2D eigenvalue weighted by Crippen LogP contribution is 2.44. The second kappa shape index (κ2) is 14.6. The number of unbranched alkanes of at least 4 members (excludes halogenated alkanes) is 2. The summed E-state index contributed by atoms with van der Waals surface area (Å²) in [6.45, 7) is 10.1. The molecule has 2 nitrogen and oxygen atoms in total. The smallest absolute Gasteiger partial charge is 0.389 e. The molecule has 0 radical (unpaired) electrons. The van der Waals surface area contributed by atoms with Crippen LogP contribution in [-0.2, 0) is 22.4 Å². The Kier molecular flexibility index (Phi) is 10.4. The van der Waals surface area contributed by atoms with Gasteiger partial charge in [0.05, 0.1) is 6.61 Å². The van der Waals surface area contributed by atoms with Crippen LogP contribution in [-0.4, -0.2) is 18.8 Å². The molecule has 0 amide bonds. The molecule has 0 aliphatic rings. The van der Waals surface area contributed by atoms with Gasteiger partial charge >= 0.3 is 12.1 Å². The van der Waals surface area contributed by atoms with Gasteiger partial charge in [0, 0.05) is 12.5 Å². The summed E-state index contributed by atoms with van der Waals surface area (Å²) in [7, 11) is 0. The molecule has 5 rings (SSSR count). The normalized spacial score (nSPS) is 11.6. The Morgan fingerprint density at radius 3 is 1.93 bits per heavy atom. The maximum Gasteiger partial charge on any atom is 0.389 e. The van der Waals surface area contributed by atoms with Crippen LogP contribution in [0.25, 0.3) is 49.4 Å². The fourth-order valence-corrected chi connectivity index (χ4v) is 6.04. The predicted molar refractivity (Wildman–Crippen MR) is 185 cm³/mol. The number of hydrogen-bond donors (Lipinski definition) is 0. The van der Waals surface area contributed by atoms with Crippen LogP contribution < -0.4 is 0 Å². The largest absolute Gasteiger partial charge is 0.463 e. The zero-order valence-electron chi connectivity index (χ0n) is 26.3. The van der Waals surface area contributed by atoms with Crippen LogP contribution >= 0.6 is 0 Å². The molecule has 0 aromatic heterocycles. The van der Waals surface area contributed by atoms with Gasteiger partial charge in [0.1, 0.15) is 0 Å². The van der Waals surface area contributed by atoms with Gasteiger partial charge in [-0.25, -0.2) is 4.79 Å². The second-order valence-electron chi connectivity index (χ2n) is 11.7. The minimum atomic E-state index is -4.22. The molecule has 5 aromatic carbocycles. The van der Waals surface area contributed by atoms with E-state index in [1.807, 2.05) is 30.3 Å². The molecule has 5 aromatic rings. The molecular weight excluding hydrogens is 581 g/mol. The average Bonchev–Trinajstić information content (AvgIpc) is 3.07. The van der Waals surface area contributed by atoms with Crippen LogP contribution in [0.3, 0.4) is 0 Å². The lowest BCUT2D eigenvalue weighted by molar-refractivity contribution is -0.138. The zero-order valence-corrected chi connectivity index (χ0v) is 26.3. The van der Waals surface area contributed by atoms with Crippen molar-refractivity contribution >= 4 is 33.1 Å². The van der Waals surface area contributed by atoms with Crippen LogP contribution in [0, 0.1) is 0 Å². The van der Waals surface area contributed by atoms with E-state index >= 15 is 0 Å². The third kappa shape index (κ3) is 7.77. The molecule has 0 unspecified atom stereocenters. The summed E-state index contributed by atoms with van der Waals surface area (Å²) in [5.74, 6) is -0.396. The summed E-state index contributed by atoms with van der Waals surface area (Å²) in [6, 6.07) is 31.0. The fraction of sp³-hybridized carbons (Fsp3) is 0.244. The van der Waals surface area contributed by atoms with Crippen molar-refractivity contribution in [3.05, 3.63) is 127 Å². The van der Waals surface area contributed by atoms with E-state index in [2.05, 4.69) is 80.7 Å². The summed E-state index contributed by atoms with van der Waals surface area (Å²) in [6.07, 6.45) is 0.508. The lowest BCUT2D eigenvalue weighted by Crippen LogP contribution is -2.08.